The summed E-state index contributed by atoms with van der Waals surface area (Å²) in [5.41, 5.74) is 4.66. The van der Waals surface area contributed by atoms with E-state index in [1.807, 2.05) is 0 Å². The normalized spacial score (nSPS) is 14.2. The van der Waals surface area contributed by atoms with Crippen LogP contribution in [0, 0.1) is 0 Å². The summed E-state index contributed by atoms with van der Waals surface area (Å²) in [5, 5.41) is 3.36. The minimum Gasteiger partial charge on any atom is -0.383 e. The Balaban J connectivity index is 2.61. The fourth-order valence-corrected chi connectivity index (χ4v) is 1.12. The van der Waals surface area contributed by atoms with E-state index in [2.05, 4.69) is 5.10 Å². The third-order valence-corrected chi connectivity index (χ3v) is 1.73. The molecule has 0 aromatic carbocycles. The van der Waals surface area contributed by atoms with Crippen LogP contribution in [0.25, 0.3) is 0 Å². The highest BCUT2D eigenvalue weighted by Crippen LogP contribution is 2.27. The van der Waals surface area contributed by atoms with E-state index in [1.165, 1.54) is 13.3 Å². The van der Waals surface area contributed by atoms with Crippen LogP contribution in [0.1, 0.15) is 5.69 Å². The Bertz CT molecular complexity index is 310. The summed E-state index contributed by atoms with van der Waals surface area (Å²) in [6.07, 6.45) is -3.16. The second kappa shape index (κ2) is 4.63. The molecule has 86 valence electrons. The Morgan fingerprint density at radius 2 is 2.27 bits per heavy atom. The lowest BCUT2D eigenvalue weighted by Gasteiger charge is -2.10. The van der Waals surface area contributed by atoms with Gasteiger partial charge in [-0.15, -0.1) is 0 Å². The topological polar surface area (TPSA) is 53.1 Å². The number of methoxy groups -OCH3 is 1. The molecule has 1 atom stereocenters. The molecule has 0 fully saturated rings. The van der Waals surface area contributed by atoms with Crippen LogP contribution in [0.15, 0.2) is 12.3 Å². The molecular formula is C8H12F3N3O. The van der Waals surface area contributed by atoms with Crippen LogP contribution in [0.2, 0.25) is 0 Å². The minimum absolute atomic E-state index is 0.198. The molecule has 1 aromatic heterocycles. The van der Waals surface area contributed by atoms with E-state index in [-0.39, 0.29) is 19.2 Å². The average Bonchev–Trinajstić information content (AvgIpc) is 2.52. The number of ether oxygens (including phenoxy) is 1. The molecule has 2 N–H and O–H groups in total. The smallest absolute Gasteiger partial charge is 0.383 e. The van der Waals surface area contributed by atoms with Crippen molar-refractivity contribution in [3.63, 3.8) is 0 Å². The van der Waals surface area contributed by atoms with Crippen LogP contribution in [0.5, 0.6) is 0 Å². The Kier molecular flexibility index (Phi) is 3.70. The summed E-state index contributed by atoms with van der Waals surface area (Å²) in [6.45, 7) is 0.477. The molecule has 7 heteroatoms. The molecular weight excluding hydrogens is 211 g/mol. The number of nitrogens with two attached hydrogens (primary N) is 1. The standard InChI is InChI=1S/C8H12F3N3O/c1-15-5-6(12)4-14-3-2-7(13-14)8(9,10)11/h2-3,6H,4-5,12H2,1H3. The highest BCUT2D eigenvalue weighted by molar-refractivity contribution is 5.03. The minimum atomic E-state index is -4.41. The molecule has 0 amide bonds. The Morgan fingerprint density at radius 1 is 1.60 bits per heavy atom. The van der Waals surface area contributed by atoms with Gasteiger partial charge in [-0.1, -0.05) is 0 Å². The lowest BCUT2D eigenvalue weighted by atomic mass is 10.3. The summed E-state index contributed by atoms with van der Waals surface area (Å²) in [4.78, 5) is 0. The van der Waals surface area contributed by atoms with Crippen molar-refractivity contribution in [1.29, 1.82) is 0 Å². The van der Waals surface area contributed by atoms with Crippen molar-refractivity contribution in [3.05, 3.63) is 18.0 Å². The zero-order chi connectivity index (χ0) is 11.5. The third-order valence-electron chi connectivity index (χ3n) is 1.73. The van der Waals surface area contributed by atoms with Gasteiger partial charge in [0.1, 0.15) is 0 Å². The van der Waals surface area contributed by atoms with Gasteiger partial charge in [-0.25, -0.2) is 0 Å². The van der Waals surface area contributed by atoms with Crippen molar-refractivity contribution in [1.82, 2.24) is 9.78 Å². The summed E-state index contributed by atoms with van der Waals surface area (Å²) in [7, 11) is 1.48. The number of nitrogens with zero attached hydrogens (tertiary/aromatic N) is 2. The van der Waals surface area contributed by atoms with Crippen molar-refractivity contribution in [3.8, 4) is 0 Å². The van der Waals surface area contributed by atoms with E-state index in [0.717, 1.165) is 10.7 Å². The first kappa shape index (κ1) is 12.0. The SMILES string of the molecule is COCC(N)Cn1ccc(C(F)(F)F)n1. The largest absolute Gasteiger partial charge is 0.435 e. The van der Waals surface area contributed by atoms with Crippen molar-refractivity contribution in [2.24, 2.45) is 5.73 Å². The predicted octanol–water partition coefficient (Wildman–Crippen LogP) is 0.876. The van der Waals surface area contributed by atoms with E-state index < -0.39 is 11.9 Å². The first-order valence-electron chi connectivity index (χ1n) is 4.28. The molecule has 0 bridgehead atoms. The summed E-state index contributed by atoms with van der Waals surface area (Å²) in [5.74, 6) is 0. The molecule has 0 aliphatic heterocycles. The maximum Gasteiger partial charge on any atom is 0.435 e. The van der Waals surface area contributed by atoms with Gasteiger partial charge in [0, 0.05) is 19.3 Å². The van der Waals surface area contributed by atoms with Crippen molar-refractivity contribution < 1.29 is 17.9 Å². The molecule has 1 aromatic rings. The number of hydrogen-bond donors (Lipinski definition) is 1. The van der Waals surface area contributed by atoms with Crippen LogP contribution in [-0.2, 0) is 17.5 Å². The van der Waals surface area contributed by atoms with Crippen LogP contribution in [-0.4, -0.2) is 29.5 Å². The van der Waals surface area contributed by atoms with Crippen molar-refractivity contribution >= 4 is 0 Å². The molecule has 1 unspecified atom stereocenters. The van der Waals surface area contributed by atoms with Crippen molar-refractivity contribution in [2.45, 2.75) is 18.8 Å². The Labute approximate surface area is 84.8 Å². The molecule has 4 nitrogen and oxygen atoms in total. The van der Waals surface area contributed by atoms with Crippen LogP contribution < -0.4 is 5.73 Å². The lowest BCUT2D eigenvalue weighted by molar-refractivity contribution is -0.141. The number of aromatic nitrogens is 2. The van der Waals surface area contributed by atoms with Gasteiger partial charge < -0.3 is 10.5 Å². The van der Waals surface area contributed by atoms with Gasteiger partial charge in [-0.2, -0.15) is 18.3 Å². The van der Waals surface area contributed by atoms with Gasteiger partial charge in [0.25, 0.3) is 0 Å². The number of rotatable bonds is 4. The van der Waals surface area contributed by atoms with Crippen molar-refractivity contribution in [2.75, 3.05) is 13.7 Å². The van der Waals surface area contributed by atoms with E-state index in [4.69, 9.17) is 10.5 Å². The van der Waals surface area contributed by atoms with Gasteiger partial charge in [-0.3, -0.25) is 4.68 Å². The summed E-state index contributed by atoms with van der Waals surface area (Å²) >= 11 is 0. The second-order valence-electron chi connectivity index (χ2n) is 3.14. The molecule has 0 aliphatic carbocycles. The van der Waals surface area contributed by atoms with E-state index in [9.17, 15) is 13.2 Å². The molecule has 1 heterocycles. The molecule has 0 aliphatic rings. The highest BCUT2D eigenvalue weighted by atomic mass is 19.4. The zero-order valence-corrected chi connectivity index (χ0v) is 8.16. The Hall–Kier alpha value is -1.08. The van der Waals surface area contributed by atoms with Gasteiger partial charge in [0.2, 0.25) is 0 Å². The first-order valence-corrected chi connectivity index (χ1v) is 4.28. The van der Waals surface area contributed by atoms with Gasteiger partial charge in [0.15, 0.2) is 5.69 Å². The molecule has 0 spiro atoms. The fraction of sp³-hybridized carbons (Fsp3) is 0.625. The number of alkyl halides is 3. The number of halogens is 3. The molecule has 1 rings (SSSR count). The van der Waals surface area contributed by atoms with Crippen LogP contribution in [0.3, 0.4) is 0 Å². The van der Waals surface area contributed by atoms with Gasteiger partial charge >= 0.3 is 6.18 Å². The van der Waals surface area contributed by atoms with Crippen LogP contribution in [0.4, 0.5) is 13.2 Å². The van der Waals surface area contributed by atoms with Gasteiger partial charge in [-0.05, 0) is 6.07 Å². The zero-order valence-electron chi connectivity index (χ0n) is 8.16. The maximum absolute atomic E-state index is 12.2. The molecule has 0 saturated carbocycles. The summed E-state index contributed by atoms with van der Waals surface area (Å²) < 4.78 is 42.4. The number of hydrogen-bond acceptors (Lipinski definition) is 3. The molecule has 0 radical (unpaired) electrons. The summed E-state index contributed by atoms with van der Waals surface area (Å²) in [6, 6.07) is 0.551. The third kappa shape index (κ3) is 3.52. The maximum atomic E-state index is 12.2. The van der Waals surface area contributed by atoms with Crippen LogP contribution >= 0.6 is 0 Å². The first-order chi connectivity index (χ1) is 6.93. The predicted molar refractivity (Wildman–Crippen MR) is 47.1 cm³/mol. The van der Waals surface area contributed by atoms with E-state index >= 15 is 0 Å². The van der Waals surface area contributed by atoms with E-state index in [1.54, 1.807) is 0 Å². The lowest BCUT2D eigenvalue weighted by Crippen LogP contribution is -2.31. The quantitative estimate of drug-likeness (QED) is 0.824. The average molecular weight is 223 g/mol. The highest BCUT2D eigenvalue weighted by Gasteiger charge is 2.33. The second-order valence-corrected chi connectivity index (χ2v) is 3.14. The molecule has 15 heavy (non-hydrogen) atoms. The fourth-order valence-electron chi connectivity index (χ4n) is 1.12. The Morgan fingerprint density at radius 3 is 2.73 bits per heavy atom. The molecule has 0 saturated heterocycles. The van der Waals surface area contributed by atoms with Gasteiger partial charge in [0.05, 0.1) is 13.2 Å². The monoisotopic (exact) mass is 223 g/mol. The van der Waals surface area contributed by atoms with E-state index in [0.29, 0.717) is 0 Å².